The molecule has 7 nitrogen and oxygen atoms in total. The third-order valence-corrected chi connectivity index (χ3v) is 6.51. The van der Waals surface area contributed by atoms with E-state index in [0.717, 1.165) is 22.3 Å². The fourth-order valence-electron chi connectivity index (χ4n) is 3.19. The standard InChI is InChI=1S/C21H26N3O4P/c1-4-24-20-18(8-7-13-22-20)19(21(24)25)14-23-17-11-9-16(10-12-17)15-29(26,27-5-2)28-6-3/h7-14,25H,4-6,15H2,1-3H3. The number of nitrogens with zero attached hydrogens (tertiary/aromatic N) is 3. The minimum atomic E-state index is -3.14. The van der Waals surface area contributed by atoms with E-state index in [1.807, 2.05) is 43.3 Å². The maximum Gasteiger partial charge on any atom is 0.335 e. The normalized spacial score (nSPS) is 12.2. The lowest BCUT2D eigenvalue weighted by Gasteiger charge is -2.16. The van der Waals surface area contributed by atoms with Crippen LogP contribution in [-0.4, -0.2) is 34.1 Å². The zero-order valence-electron chi connectivity index (χ0n) is 16.9. The van der Waals surface area contributed by atoms with Crippen molar-refractivity contribution in [3.63, 3.8) is 0 Å². The molecule has 1 N–H and O–H groups in total. The van der Waals surface area contributed by atoms with Gasteiger partial charge in [-0.25, -0.2) is 4.98 Å². The largest absolute Gasteiger partial charge is 0.494 e. The zero-order chi connectivity index (χ0) is 20.9. The highest BCUT2D eigenvalue weighted by Gasteiger charge is 2.23. The molecule has 0 atom stereocenters. The molecule has 0 unspecified atom stereocenters. The molecule has 2 aromatic heterocycles. The second-order valence-electron chi connectivity index (χ2n) is 6.39. The summed E-state index contributed by atoms with van der Waals surface area (Å²) >= 11 is 0. The highest BCUT2D eigenvalue weighted by Crippen LogP contribution is 2.51. The highest BCUT2D eigenvalue weighted by molar-refractivity contribution is 7.53. The molecule has 29 heavy (non-hydrogen) atoms. The van der Waals surface area contributed by atoms with Crippen LogP contribution in [0.1, 0.15) is 31.9 Å². The summed E-state index contributed by atoms with van der Waals surface area (Å²) in [6, 6.07) is 11.1. The number of rotatable bonds is 9. The van der Waals surface area contributed by atoms with Crippen molar-refractivity contribution in [2.75, 3.05) is 13.2 Å². The molecule has 0 bridgehead atoms. The van der Waals surface area contributed by atoms with Crippen LogP contribution in [0, 0.1) is 0 Å². The molecule has 0 saturated heterocycles. The van der Waals surface area contributed by atoms with Crippen molar-refractivity contribution in [2.45, 2.75) is 33.5 Å². The van der Waals surface area contributed by atoms with Gasteiger partial charge in [-0.15, -0.1) is 0 Å². The number of aromatic hydroxyl groups is 1. The van der Waals surface area contributed by atoms with E-state index in [-0.39, 0.29) is 12.0 Å². The van der Waals surface area contributed by atoms with Crippen molar-refractivity contribution < 1.29 is 18.7 Å². The van der Waals surface area contributed by atoms with Crippen LogP contribution < -0.4 is 0 Å². The highest BCUT2D eigenvalue weighted by atomic mass is 31.2. The minimum Gasteiger partial charge on any atom is -0.494 e. The second kappa shape index (κ2) is 9.35. The van der Waals surface area contributed by atoms with Crippen molar-refractivity contribution >= 4 is 30.5 Å². The van der Waals surface area contributed by atoms with E-state index in [2.05, 4.69) is 9.98 Å². The third kappa shape index (κ3) is 4.75. The summed E-state index contributed by atoms with van der Waals surface area (Å²) in [4.78, 5) is 8.84. The number of aryl methyl sites for hydroxylation is 1. The van der Waals surface area contributed by atoms with E-state index in [0.29, 0.717) is 25.3 Å². The van der Waals surface area contributed by atoms with Gasteiger partial charge in [-0.2, -0.15) is 0 Å². The Bertz CT molecular complexity index is 1030. The molecule has 0 radical (unpaired) electrons. The van der Waals surface area contributed by atoms with Gasteiger partial charge < -0.3 is 14.2 Å². The topological polar surface area (TPSA) is 85.9 Å². The fourth-order valence-corrected chi connectivity index (χ4v) is 4.89. The molecule has 0 fully saturated rings. The molecule has 0 aliphatic carbocycles. The molecule has 3 rings (SSSR count). The predicted molar refractivity (Wildman–Crippen MR) is 115 cm³/mol. The van der Waals surface area contributed by atoms with Gasteiger partial charge in [0.1, 0.15) is 5.65 Å². The Balaban J connectivity index is 1.82. The lowest BCUT2D eigenvalue weighted by molar-refractivity contribution is 0.219. The Morgan fingerprint density at radius 2 is 1.83 bits per heavy atom. The van der Waals surface area contributed by atoms with Gasteiger partial charge in [0.15, 0.2) is 0 Å². The molecule has 1 aromatic carbocycles. The number of pyridine rings is 1. The van der Waals surface area contributed by atoms with Crippen molar-refractivity contribution in [2.24, 2.45) is 4.99 Å². The first kappa shape index (κ1) is 21.2. The summed E-state index contributed by atoms with van der Waals surface area (Å²) in [5.74, 6) is 0.149. The Kier molecular flexibility index (Phi) is 6.85. The maximum absolute atomic E-state index is 12.7. The van der Waals surface area contributed by atoms with Crippen LogP contribution in [0.4, 0.5) is 5.69 Å². The second-order valence-corrected chi connectivity index (χ2v) is 8.44. The molecule has 0 amide bonds. The average molecular weight is 415 g/mol. The lowest BCUT2D eigenvalue weighted by Crippen LogP contribution is -1.98. The van der Waals surface area contributed by atoms with Gasteiger partial charge in [0.2, 0.25) is 5.88 Å². The number of hydrogen-bond acceptors (Lipinski definition) is 6. The van der Waals surface area contributed by atoms with Gasteiger partial charge in [-0.3, -0.25) is 14.1 Å². The summed E-state index contributed by atoms with van der Waals surface area (Å²) in [6.07, 6.45) is 3.57. The SMILES string of the molecule is CCOP(=O)(Cc1ccc(N=Cc2c(O)n(CC)c3ncccc23)cc1)OCC. The molecule has 3 aromatic rings. The van der Waals surface area contributed by atoms with Crippen molar-refractivity contribution in [1.82, 2.24) is 9.55 Å². The number of aliphatic imine (C=N–C) groups is 1. The molecular formula is C21H26N3O4P. The van der Waals surface area contributed by atoms with Gasteiger partial charge in [0, 0.05) is 24.3 Å². The Labute approximate surface area is 170 Å². The molecule has 0 aliphatic heterocycles. The van der Waals surface area contributed by atoms with Gasteiger partial charge in [-0.1, -0.05) is 12.1 Å². The predicted octanol–water partition coefficient (Wildman–Crippen LogP) is 5.28. The van der Waals surface area contributed by atoms with E-state index in [4.69, 9.17) is 9.05 Å². The first-order valence-corrected chi connectivity index (χ1v) is 11.4. The molecule has 154 valence electrons. The number of hydrogen-bond donors (Lipinski definition) is 1. The summed E-state index contributed by atoms with van der Waals surface area (Å²) < 4.78 is 25.1. The number of benzene rings is 1. The van der Waals surface area contributed by atoms with Gasteiger partial charge in [0.25, 0.3) is 0 Å². The van der Waals surface area contributed by atoms with Crippen molar-refractivity contribution in [3.8, 4) is 5.88 Å². The molecular weight excluding hydrogens is 389 g/mol. The van der Waals surface area contributed by atoms with Gasteiger partial charge >= 0.3 is 7.60 Å². The van der Waals surface area contributed by atoms with E-state index >= 15 is 0 Å². The Morgan fingerprint density at radius 3 is 2.45 bits per heavy atom. The molecule has 2 heterocycles. The minimum absolute atomic E-state index is 0.149. The number of aromatic nitrogens is 2. The van der Waals surface area contributed by atoms with Crippen LogP contribution in [0.25, 0.3) is 11.0 Å². The van der Waals surface area contributed by atoms with E-state index in [1.165, 1.54) is 0 Å². The van der Waals surface area contributed by atoms with Crippen molar-refractivity contribution in [1.29, 1.82) is 0 Å². The van der Waals surface area contributed by atoms with Crippen LogP contribution in [-0.2, 0) is 26.3 Å². The van der Waals surface area contributed by atoms with E-state index < -0.39 is 7.60 Å². The molecule has 8 heteroatoms. The van der Waals surface area contributed by atoms with Crippen LogP contribution in [0.15, 0.2) is 47.6 Å². The van der Waals surface area contributed by atoms with Crippen molar-refractivity contribution in [3.05, 3.63) is 53.7 Å². The third-order valence-electron chi connectivity index (χ3n) is 4.45. The summed E-state index contributed by atoms with van der Waals surface area (Å²) in [7, 11) is -3.14. The van der Waals surface area contributed by atoms with Gasteiger partial charge in [-0.05, 0) is 50.6 Å². The molecule has 0 spiro atoms. The van der Waals surface area contributed by atoms with Crippen LogP contribution in [0.2, 0.25) is 0 Å². The smallest absolute Gasteiger partial charge is 0.335 e. The summed E-state index contributed by atoms with van der Waals surface area (Å²) in [6.45, 7) is 6.83. The first-order valence-electron chi connectivity index (χ1n) is 9.68. The Hall–Kier alpha value is -2.47. The maximum atomic E-state index is 12.7. The zero-order valence-corrected chi connectivity index (χ0v) is 17.8. The molecule has 0 saturated carbocycles. The van der Waals surface area contributed by atoms with Crippen LogP contribution in [0.3, 0.4) is 0 Å². The lowest BCUT2D eigenvalue weighted by atomic mass is 10.2. The monoisotopic (exact) mass is 415 g/mol. The van der Waals surface area contributed by atoms with Crippen LogP contribution in [0.5, 0.6) is 5.88 Å². The first-order chi connectivity index (χ1) is 14.0. The van der Waals surface area contributed by atoms with Gasteiger partial charge in [0.05, 0.1) is 30.6 Å². The average Bonchev–Trinajstić information content (AvgIpc) is 2.98. The fraction of sp³-hybridized carbons (Fsp3) is 0.333. The Morgan fingerprint density at radius 1 is 1.14 bits per heavy atom. The summed E-state index contributed by atoms with van der Waals surface area (Å²) in [5, 5.41) is 11.4. The van der Waals surface area contributed by atoms with E-state index in [1.54, 1.807) is 30.8 Å². The quantitative estimate of drug-likeness (QED) is 0.380. The molecule has 0 aliphatic rings. The summed E-state index contributed by atoms with van der Waals surface area (Å²) in [5.41, 5.74) is 2.93. The number of fused-ring (bicyclic) bond motifs is 1. The van der Waals surface area contributed by atoms with E-state index in [9.17, 15) is 9.67 Å². The van der Waals surface area contributed by atoms with Crippen LogP contribution >= 0.6 is 7.60 Å².